The summed E-state index contributed by atoms with van der Waals surface area (Å²) in [7, 11) is 0. The van der Waals surface area contributed by atoms with Gasteiger partial charge in [0.25, 0.3) is 0 Å². The van der Waals surface area contributed by atoms with E-state index >= 15 is 0 Å². The fraction of sp³-hybridized carbons (Fsp3) is 0.375. The van der Waals surface area contributed by atoms with Crippen molar-refractivity contribution in [2.75, 3.05) is 13.2 Å². The van der Waals surface area contributed by atoms with Gasteiger partial charge in [0.05, 0.1) is 19.3 Å². The van der Waals surface area contributed by atoms with Gasteiger partial charge in [0.1, 0.15) is 5.69 Å². The normalized spacial score (nSPS) is 17.6. The molecule has 1 saturated heterocycles. The molecule has 1 aromatic heterocycles. The first kappa shape index (κ1) is 14.7. The van der Waals surface area contributed by atoms with Crippen LogP contribution in [0.3, 0.4) is 0 Å². The van der Waals surface area contributed by atoms with Crippen LogP contribution >= 0.6 is 0 Å². The second kappa shape index (κ2) is 5.53. The first-order valence-electron chi connectivity index (χ1n) is 7.10. The number of nitrogens with zero attached hydrogens (tertiary/aromatic N) is 2. The van der Waals surface area contributed by atoms with Crippen molar-refractivity contribution in [1.29, 1.82) is 0 Å². The average Bonchev–Trinajstić information content (AvgIpc) is 2.88. The van der Waals surface area contributed by atoms with Crippen LogP contribution in [-0.2, 0) is 9.47 Å². The summed E-state index contributed by atoms with van der Waals surface area (Å²) in [6, 6.07) is 10.3. The minimum atomic E-state index is -0.704. The molecule has 0 radical (unpaired) electrons. The lowest BCUT2D eigenvalue weighted by Gasteiger charge is -2.37. The molecule has 1 atom stereocenters. The number of hydrogen-bond acceptors (Lipinski definition) is 4. The largest absolute Gasteiger partial charge is 0.450 e. The Kier molecular flexibility index (Phi) is 3.70. The van der Waals surface area contributed by atoms with Crippen molar-refractivity contribution < 1.29 is 18.7 Å². The molecular formula is C16H17FN2O3. The summed E-state index contributed by atoms with van der Waals surface area (Å²) in [5.41, 5.74) is 0.387. The zero-order valence-corrected chi connectivity index (χ0v) is 12.5. The van der Waals surface area contributed by atoms with Crippen molar-refractivity contribution in [3.05, 3.63) is 53.6 Å². The molecule has 5 nitrogen and oxygen atoms in total. The Labute approximate surface area is 127 Å². The number of hydrogen-bond donors (Lipinski definition) is 0. The molecule has 2 heterocycles. The topological polar surface area (TPSA) is 53.4 Å². The molecule has 0 bridgehead atoms. The van der Waals surface area contributed by atoms with Gasteiger partial charge < -0.3 is 9.47 Å². The van der Waals surface area contributed by atoms with Crippen molar-refractivity contribution in [1.82, 2.24) is 9.78 Å². The van der Waals surface area contributed by atoms with Crippen molar-refractivity contribution in [3.8, 4) is 0 Å². The van der Waals surface area contributed by atoms with Gasteiger partial charge in [-0.05, 0) is 19.4 Å². The van der Waals surface area contributed by atoms with Gasteiger partial charge in [-0.2, -0.15) is 4.39 Å². The molecule has 0 aliphatic carbocycles. The SMILES string of the molecule is C[C@H](c1ccccc1)n1nc(F)cc1C(=O)OC1(C)COC1. The number of halogens is 1. The molecule has 0 spiro atoms. The van der Waals surface area contributed by atoms with E-state index in [4.69, 9.17) is 9.47 Å². The Balaban J connectivity index is 1.88. The van der Waals surface area contributed by atoms with E-state index in [0.717, 1.165) is 11.6 Å². The Hall–Kier alpha value is -2.21. The summed E-state index contributed by atoms with van der Waals surface area (Å²) in [6.07, 6.45) is 0. The maximum Gasteiger partial charge on any atom is 0.357 e. The van der Waals surface area contributed by atoms with Crippen molar-refractivity contribution in [2.24, 2.45) is 0 Å². The predicted octanol–water partition coefficient (Wildman–Crippen LogP) is 2.58. The molecule has 116 valence electrons. The molecule has 0 N–H and O–H groups in total. The van der Waals surface area contributed by atoms with Crippen LogP contribution in [0.1, 0.15) is 35.9 Å². The fourth-order valence-electron chi connectivity index (χ4n) is 2.41. The van der Waals surface area contributed by atoms with E-state index in [9.17, 15) is 9.18 Å². The number of ether oxygens (including phenoxy) is 2. The maximum absolute atomic E-state index is 13.6. The number of benzene rings is 1. The third-order valence-corrected chi connectivity index (χ3v) is 3.72. The molecule has 22 heavy (non-hydrogen) atoms. The number of aromatic nitrogens is 2. The second-order valence-corrected chi connectivity index (χ2v) is 5.72. The smallest absolute Gasteiger partial charge is 0.357 e. The second-order valence-electron chi connectivity index (χ2n) is 5.72. The van der Waals surface area contributed by atoms with E-state index in [1.807, 2.05) is 37.3 Å². The summed E-state index contributed by atoms with van der Waals surface area (Å²) in [5.74, 6) is -1.30. The molecule has 1 aliphatic heterocycles. The van der Waals surface area contributed by atoms with E-state index in [-0.39, 0.29) is 11.7 Å². The number of esters is 1. The molecule has 1 aliphatic rings. The highest BCUT2D eigenvalue weighted by Gasteiger charge is 2.38. The van der Waals surface area contributed by atoms with E-state index in [1.54, 1.807) is 6.92 Å². The third kappa shape index (κ3) is 2.74. The molecular weight excluding hydrogens is 287 g/mol. The maximum atomic E-state index is 13.6. The van der Waals surface area contributed by atoms with Crippen LogP contribution < -0.4 is 0 Å². The summed E-state index contributed by atoms with van der Waals surface area (Å²) in [5, 5.41) is 3.80. The van der Waals surface area contributed by atoms with Gasteiger partial charge >= 0.3 is 5.97 Å². The standard InChI is InChI=1S/C16H17FN2O3/c1-11(12-6-4-3-5-7-12)19-13(8-14(17)18-19)15(20)22-16(2)9-21-10-16/h3-8,11H,9-10H2,1-2H3/t11-/m1/s1. The van der Waals surface area contributed by atoms with Crippen molar-refractivity contribution >= 4 is 5.97 Å². The molecule has 1 fully saturated rings. The van der Waals surface area contributed by atoms with Gasteiger partial charge in [0.2, 0.25) is 5.95 Å². The summed E-state index contributed by atoms with van der Waals surface area (Å²) in [6.45, 7) is 4.34. The molecule has 2 aromatic rings. The van der Waals surface area contributed by atoms with E-state index in [1.165, 1.54) is 4.68 Å². The quantitative estimate of drug-likeness (QED) is 0.815. The fourth-order valence-corrected chi connectivity index (χ4v) is 2.41. The lowest BCUT2D eigenvalue weighted by molar-refractivity contribution is -0.169. The Bertz CT molecular complexity index is 680. The minimum absolute atomic E-state index is 0.0991. The van der Waals surface area contributed by atoms with Gasteiger partial charge in [0, 0.05) is 6.07 Å². The van der Waals surface area contributed by atoms with Crippen LogP contribution in [0.5, 0.6) is 0 Å². The highest BCUT2D eigenvalue weighted by Crippen LogP contribution is 2.25. The summed E-state index contributed by atoms with van der Waals surface area (Å²) in [4.78, 5) is 12.3. The van der Waals surface area contributed by atoms with Gasteiger partial charge in [0.15, 0.2) is 5.60 Å². The van der Waals surface area contributed by atoms with Crippen LogP contribution in [0.25, 0.3) is 0 Å². The Morgan fingerprint density at radius 3 is 2.68 bits per heavy atom. The van der Waals surface area contributed by atoms with Gasteiger partial charge in [-0.15, -0.1) is 5.10 Å². The average molecular weight is 304 g/mol. The van der Waals surface area contributed by atoms with Crippen LogP contribution in [0.2, 0.25) is 0 Å². The number of carbonyl (C=O) groups is 1. The highest BCUT2D eigenvalue weighted by atomic mass is 19.1. The monoisotopic (exact) mass is 304 g/mol. The molecule has 0 saturated carbocycles. The van der Waals surface area contributed by atoms with Gasteiger partial charge in [-0.25, -0.2) is 9.48 Å². The van der Waals surface area contributed by atoms with Crippen molar-refractivity contribution in [2.45, 2.75) is 25.5 Å². The predicted molar refractivity (Wildman–Crippen MR) is 77.1 cm³/mol. The molecule has 0 unspecified atom stereocenters. The van der Waals surface area contributed by atoms with E-state index < -0.39 is 17.5 Å². The first-order chi connectivity index (χ1) is 10.5. The first-order valence-corrected chi connectivity index (χ1v) is 7.10. The lowest BCUT2D eigenvalue weighted by atomic mass is 10.1. The van der Waals surface area contributed by atoms with Crippen LogP contribution in [0.4, 0.5) is 4.39 Å². The number of rotatable bonds is 4. The van der Waals surface area contributed by atoms with Crippen molar-refractivity contribution in [3.63, 3.8) is 0 Å². The van der Waals surface area contributed by atoms with Gasteiger partial charge in [-0.1, -0.05) is 30.3 Å². The van der Waals surface area contributed by atoms with Crippen LogP contribution in [-0.4, -0.2) is 34.6 Å². The molecule has 6 heteroatoms. The Morgan fingerprint density at radius 2 is 2.09 bits per heavy atom. The summed E-state index contributed by atoms with van der Waals surface area (Å²) < 4.78 is 25.4. The molecule has 1 aromatic carbocycles. The van der Waals surface area contributed by atoms with E-state index in [0.29, 0.717) is 13.2 Å². The van der Waals surface area contributed by atoms with Gasteiger partial charge in [-0.3, -0.25) is 0 Å². The molecule has 3 rings (SSSR count). The van der Waals surface area contributed by atoms with Crippen LogP contribution in [0, 0.1) is 5.95 Å². The zero-order chi connectivity index (χ0) is 15.7. The third-order valence-electron chi connectivity index (χ3n) is 3.72. The minimum Gasteiger partial charge on any atom is -0.450 e. The lowest BCUT2D eigenvalue weighted by Crippen LogP contribution is -2.50. The summed E-state index contributed by atoms with van der Waals surface area (Å²) >= 11 is 0. The van der Waals surface area contributed by atoms with Crippen LogP contribution in [0.15, 0.2) is 36.4 Å². The van der Waals surface area contributed by atoms with E-state index in [2.05, 4.69) is 5.10 Å². The Morgan fingerprint density at radius 1 is 1.41 bits per heavy atom. The number of carbonyl (C=O) groups excluding carboxylic acids is 1. The zero-order valence-electron chi connectivity index (χ0n) is 12.5. The highest BCUT2D eigenvalue weighted by molar-refractivity contribution is 5.88. The molecule has 0 amide bonds.